The highest BCUT2D eigenvalue weighted by Crippen LogP contribution is 2.23. The predicted octanol–water partition coefficient (Wildman–Crippen LogP) is 3.35. The molecule has 1 aliphatic rings. The highest BCUT2D eigenvalue weighted by atomic mass is 32.1. The summed E-state index contributed by atoms with van der Waals surface area (Å²) in [6.07, 6.45) is 5.64. The summed E-state index contributed by atoms with van der Waals surface area (Å²) < 4.78 is 0. The van der Waals surface area contributed by atoms with Gasteiger partial charge < -0.3 is 15.2 Å². The summed E-state index contributed by atoms with van der Waals surface area (Å²) >= 11 is 1.46. The Morgan fingerprint density at radius 1 is 1.37 bits per heavy atom. The fourth-order valence-electron chi connectivity index (χ4n) is 3.59. The van der Waals surface area contributed by atoms with Gasteiger partial charge in [-0.05, 0) is 31.4 Å². The number of hydrogen-bond acceptors (Lipinski definition) is 4. The Bertz CT molecular complexity index is 977. The van der Waals surface area contributed by atoms with Crippen molar-refractivity contribution in [3.05, 3.63) is 47.1 Å². The maximum Gasteiger partial charge on any atom is 0.231 e. The van der Waals surface area contributed by atoms with E-state index in [1.54, 1.807) is 6.20 Å². The number of nitrogens with one attached hydrogen (secondary N) is 2. The van der Waals surface area contributed by atoms with Gasteiger partial charge in [0.2, 0.25) is 11.8 Å². The van der Waals surface area contributed by atoms with Crippen LogP contribution in [-0.2, 0) is 16.0 Å². The van der Waals surface area contributed by atoms with Gasteiger partial charge in [0.1, 0.15) is 0 Å². The Kier molecular flexibility index (Phi) is 4.94. The number of aromatic nitrogens is 2. The number of anilines is 1. The van der Waals surface area contributed by atoms with E-state index in [-0.39, 0.29) is 17.7 Å². The van der Waals surface area contributed by atoms with Crippen LogP contribution in [0.2, 0.25) is 0 Å². The van der Waals surface area contributed by atoms with E-state index >= 15 is 0 Å². The van der Waals surface area contributed by atoms with Crippen molar-refractivity contribution in [3.63, 3.8) is 0 Å². The molecule has 3 heterocycles. The predicted molar refractivity (Wildman–Crippen MR) is 107 cm³/mol. The number of aromatic amines is 1. The minimum atomic E-state index is -0.185. The summed E-state index contributed by atoms with van der Waals surface area (Å²) in [6.45, 7) is 3.14. The van der Waals surface area contributed by atoms with E-state index in [1.165, 1.54) is 11.3 Å². The second-order valence-corrected chi connectivity index (χ2v) is 8.22. The minimum absolute atomic E-state index is 0.0473. The fraction of sp³-hybridized carbons (Fsp3) is 0.350. The van der Waals surface area contributed by atoms with E-state index in [2.05, 4.69) is 15.3 Å². The van der Waals surface area contributed by atoms with Gasteiger partial charge in [0, 0.05) is 41.3 Å². The van der Waals surface area contributed by atoms with Crippen molar-refractivity contribution in [1.29, 1.82) is 0 Å². The quantitative estimate of drug-likeness (QED) is 0.726. The number of rotatable bonds is 4. The fourth-order valence-corrected chi connectivity index (χ4v) is 4.26. The van der Waals surface area contributed by atoms with Gasteiger partial charge in [-0.25, -0.2) is 4.98 Å². The van der Waals surface area contributed by atoms with E-state index in [0.29, 0.717) is 24.6 Å². The molecule has 0 aliphatic carbocycles. The molecule has 6 nitrogen and oxygen atoms in total. The summed E-state index contributed by atoms with van der Waals surface area (Å²) in [5.74, 6) is -0.161. The standard InChI is InChI=1S/C20H22N4O2S/c1-13-10-22-20(27-13)23-19(26)14-5-4-8-24(12-14)18(25)9-15-11-21-17-7-3-2-6-16(15)17/h2-3,6-7,10-11,14,21H,4-5,8-9,12H2,1H3,(H,22,23,26)/t14-/m1/s1. The number of carbonyl (C=O) groups excluding carboxylic acids is 2. The topological polar surface area (TPSA) is 78.1 Å². The molecule has 0 spiro atoms. The van der Waals surface area contributed by atoms with Crippen molar-refractivity contribution < 1.29 is 9.59 Å². The van der Waals surface area contributed by atoms with Crippen LogP contribution in [0.1, 0.15) is 23.3 Å². The molecule has 0 saturated carbocycles. The molecule has 3 aromatic rings. The van der Waals surface area contributed by atoms with Crippen LogP contribution in [0.3, 0.4) is 0 Å². The third-order valence-electron chi connectivity index (χ3n) is 5.01. The zero-order chi connectivity index (χ0) is 18.8. The van der Waals surface area contributed by atoms with Crippen LogP contribution in [0.5, 0.6) is 0 Å². The van der Waals surface area contributed by atoms with Crippen LogP contribution < -0.4 is 5.32 Å². The first-order valence-corrected chi connectivity index (χ1v) is 9.98. The number of nitrogens with zero attached hydrogens (tertiary/aromatic N) is 2. The van der Waals surface area contributed by atoms with Gasteiger partial charge in [-0.15, -0.1) is 11.3 Å². The zero-order valence-electron chi connectivity index (χ0n) is 15.2. The summed E-state index contributed by atoms with van der Waals surface area (Å²) in [7, 11) is 0. The smallest absolute Gasteiger partial charge is 0.231 e. The molecule has 1 atom stereocenters. The van der Waals surface area contributed by atoms with Crippen molar-refractivity contribution in [1.82, 2.24) is 14.9 Å². The molecule has 7 heteroatoms. The Morgan fingerprint density at radius 3 is 3.04 bits per heavy atom. The van der Waals surface area contributed by atoms with Gasteiger partial charge in [0.15, 0.2) is 5.13 Å². The maximum atomic E-state index is 12.8. The molecule has 1 aromatic carbocycles. The lowest BCUT2D eigenvalue weighted by atomic mass is 9.96. The highest BCUT2D eigenvalue weighted by Gasteiger charge is 2.29. The Hall–Kier alpha value is -2.67. The number of amides is 2. The molecule has 27 heavy (non-hydrogen) atoms. The number of carbonyl (C=O) groups is 2. The third-order valence-corrected chi connectivity index (χ3v) is 5.84. The van der Waals surface area contributed by atoms with Crippen LogP contribution in [-0.4, -0.2) is 39.8 Å². The van der Waals surface area contributed by atoms with Gasteiger partial charge in [-0.1, -0.05) is 18.2 Å². The van der Waals surface area contributed by atoms with Gasteiger partial charge in [-0.3, -0.25) is 9.59 Å². The third kappa shape index (κ3) is 3.88. The number of para-hydroxylation sites is 1. The second kappa shape index (κ2) is 7.52. The number of benzene rings is 1. The number of thiazole rings is 1. The Morgan fingerprint density at radius 2 is 2.22 bits per heavy atom. The summed E-state index contributed by atoms with van der Waals surface area (Å²) in [6, 6.07) is 7.98. The van der Waals surface area contributed by atoms with Crippen LogP contribution in [0.15, 0.2) is 36.7 Å². The number of piperidine rings is 1. The van der Waals surface area contributed by atoms with E-state index in [0.717, 1.165) is 34.2 Å². The SMILES string of the molecule is Cc1cnc(NC(=O)[C@@H]2CCCN(C(=O)Cc3c[nH]c4ccccc34)C2)s1. The highest BCUT2D eigenvalue weighted by molar-refractivity contribution is 7.15. The van der Waals surface area contributed by atoms with Gasteiger partial charge in [0.05, 0.1) is 12.3 Å². The van der Waals surface area contributed by atoms with Crippen molar-refractivity contribution in [2.45, 2.75) is 26.2 Å². The molecule has 0 unspecified atom stereocenters. The number of aryl methyl sites for hydroxylation is 1. The first-order valence-electron chi connectivity index (χ1n) is 9.16. The van der Waals surface area contributed by atoms with Crippen molar-refractivity contribution >= 4 is 39.2 Å². The van der Waals surface area contributed by atoms with E-state index in [9.17, 15) is 9.59 Å². The van der Waals surface area contributed by atoms with Crippen molar-refractivity contribution in [3.8, 4) is 0 Å². The molecule has 4 rings (SSSR count). The first kappa shape index (κ1) is 17.7. The molecular formula is C20H22N4O2S. The maximum absolute atomic E-state index is 12.8. The van der Waals surface area contributed by atoms with E-state index < -0.39 is 0 Å². The van der Waals surface area contributed by atoms with Crippen LogP contribution in [0.4, 0.5) is 5.13 Å². The van der Waals surface area contributed by atoms with Crippen molar-refractivity contribution in [2.75, 3.05) is 18.4 Å². The molecule has 0 radical (unpaired) electrons. The van der Waals surface area contributed by atoms with Crippen molar-refractivity contribution in [2.24, 2.45) is 5.92 Å². The van der Waals surface area contributed by atoms with E-state index in [1.807, 2.05) is 42.3 Å². The normalized spacial score (nSPS) is 17.2. The molecule has 2 aromatic heterocycles. The Labute approximate surface area is 161 Å². The number of H-pyrrole nitrogens is 1. The lowest BCUT2D eigenvalue weighted by Gasteiger charge is -2.32. The number of hydrogen-bond donors (Lipinski definition) is 2. The molecule has 2 amide bonds. The zero-order valence-corrected chi connectivity index (χ0v) is 16.0. The summed E-state index contributed by atoms with van der Waals surface area (Å²) in [4.78, 5) is 35.6. The van der Waals surface area contributed by atoms with E-state index in [4.69, 9.17) is 0 Å². The average molecular weight is 382 g/mol. The molecule has 140 valence electrons. The van der Waals surface area contributed by atoms with Gasteiger partial charge in [0.25, 0.3) is 0 Å². The second-order valence-electron chi connectivity index (χ2n) is 6.98. The lowest BCUT2D eigenvalue weighted by molar-refractivity contribution is -0.133. The number of fused-ring (bicyclic) bond motifs is 1. The molecule has 2 N–H and O–H groups in total. The average Bonchev–Trinajstić information content (AvgIpc) is 3.28. The first-order chi connectivity index (χ1) is 13.1. The summed E-state index contributed by atoms with van der Waals surface area (Å²) in [5.41, 5.74) is 2.04. The molecule has 0 bridgehead atoms. The Balaban J connectivity index is 1.40. The van der Waals surface area contributed by atoms with Crippen LogP contribution in [0, 0.1) is 12.8 Å². The van der Waals surface area contributed by atoms with Gasteiger partial charge in [-0.2, -0.15) is 0 Å². The number of likely N-dealkylation sites (tertiary alicyclic amines) is 1. The lowest BCUT2D eigenvalue weighted by Crippen LogP contribution is -2.44. The molecule has 1 aliphatic heterocycles. The molecule has 1 fully saturated rings. The van der Waals surface area contributed by atoms with Gasteiger partial charge >= 0.3 is 0 Å². The monoisotopic (exact) mass is 382 g/mol. The molecular weight excluding hydrogens is 360 g/mol. The molecule has 1 saturated heterocycles. The largest absolute Gasteiger partial charge is 0.361 e. The van der Waals surface area contributed by atoms with Crippen LogP contribution in [0.25, 0.3) is 10.9 Å². The summed E-state index contributed by atoms with van der Waals surface area (Å²) in [5, 5.41) is 4.59. The van der Waals surface area contributed by atoms with Crippen LogP contribution >= 0.6 is 11.3 Å². The minimum Gasteiger partial charge on any atom is -0.361 e.